The van der Waals surface area contributed by atoms with Crippen molar-refractivity contribution in [3.63, 3.8) is 0 Å². The molecule has 0 spiro atoms. The van der Waals surface area contributed by atoms with E-state index >= 15 is 0 Å². The molecule has 0 saturated heterocycles. The van der Waals surface area contributed by atoms with Gasteiger partial charge in [-0.1, -0.05) is 18.6 Å². The summed E-state index contributed by atoms with van der Waals surface area (Å²) in [6, 6.07) is 2.18. The molecule has 0 aromatic rings. The number of hydrogen-bond acceptors (Lipinski definition) is 1. The lowest BCUT2D eigenvalue weighted by atomic mass is 9.97. The molecule has 0 aliphatic heterocycles. The summed E-state index contributed by atoms with van der Waals surface area (Å²) >= 11 is 0. The van der Waals surface area contributed by atoms with Crippen LogP contribution in [0.4, 0.5) is 0 Å². The molecule has 12 heavy (non-hydrogen) atoms. The van der Waals surface area contributed by atoms with Crippen LogP contribution in [0.3, 0.4) is 0 Å². The van der Waals surface area contributed by atoms with Gasteiger partial charge in [0.25, 0.3) is 0 Å². The van der Waals surface area contributed by atoms with E-state index in [0.717, 1.165) is 12.3 Å². The molecule has 0 aromatic heterocycles. The second kappa shape index (κ2) is 6.91. The molecule has 0 rings (SSSR count). The van der Waals surface area contributed by atoms with Crippen LogP contribution in [0.1, 0.15) is 46.5 Å². The normalized spacial score (nSPS) is 14.0. The van der Waals surface area contributed by atoms with Crippen LogP contribution in [0.25, 0.3) is 0 Å². The number of hydrogen-bond donors (Lipinski definition) is 0. The Bertz CT molecular complexity index is 174. The van der Waals surface area contributed by atoms with Crippen LogP contribution in [0, 0.1) is 17.2 Å². The first-order valence-electron chi connectivity index (χ1n) is 4.69. The summed E-state index contributed by atoms with van der Waals surface area (Å²) in [6.07, 6.45) is 6.29. The van der Waals surface area contributed by atoms with E-state index in [2.05, 4.69) is 32.9 Å². The highest BCUT2D eigenvalue weighted by Gasteiger charge is 2.01. The van der Waals surface area contributed by atoms with Crippen molar-refractivity contribution in [1.82, 2.24) is 0 Å². The van der Waals surface area contributed by atoms with Crippen LogP contribution in [-0.2, 0) is 0 Å². The molecule has 0 amide bonds. The summed E-state index contributed by atoms with van der Waals surface area (Å²) in [5, 5.41) is 8.35. The predicted octanol–water partition coefficient (Wildman–Crippen LogP) is 3.67. The molecular weight excluding hydrogens is 146 g/mol. The lowest BCUT2D eigenvalue weighted by Gasteiger charge is -2.09. The van der Waals surface area contributed by atoms with Crippen LogP contribution in [0.2, 0.25) is 0 Å². The van der Waals surface area contributed by atoms with E-state index in [1.165, 1.54) is 18.4 Å². The molecule has 1 atom stereocenters. The maximum absolute atomic E-state index is 8.35. The Hall–Kier alpha value is -0.770. The van der Waals surface area contributed by atoms with E-state index in [4.69, 9.17) is 5.26 Å². The molecule has 68 valence electrons. The molecule has 0 heterocycles. The number of rotatable bonds is 5. The van der Waals surface area contributed by atoms with Crippen LogP contribution >= 0.6 is 0 Å². The van der Waals surface area contributed by atoms with Crippen LogP contribution in [0.15, 0.2) is 11.6 Å². The first kappa shape index (κ1) is 11.2. The van der Waals surface area contributed by atoms with Gasteiger partial charge in [0.15, 0.2) is 0 Å². The Balaban J connectivity index is 3.47. The Morgan fingerprint density at radius 1 is 1.58 bits per heavy atom. The summed E-state index contributed by atoms with van der Waals surface area (Å²) in [6.45, 7) is 6.50. The summed E-state index contributed by atoms with van der Waals surface area (Å²) < 4.78 is 0. The third-order valence-corrected chi connectivity index (χ3v) is 2.15. The Morgan fingerprint density at radius 3 is 2.75 bits per heavy atom. The Morgan fingerprint density at radius 2 is 2.25 bits per heavy atom. The standard InChI is InChI=1S/C11H19N/c1-4-10(2)9-11(3)7-5-6-8-12/h4,11H,5-7,9H2,1-3H3. The minimum absolute atomic E-state index is 0.708. The van der Waals surface area contributed by atoms with E-state index in [0.29, 0.717) is 6.42 Å². The highest BCUT2D eigenvalue weighted by Crippen LogP contribution is 2.16. The van der Waals surface area contributed by atoms with Gasteiger partial charge in [0.05, 0.1) is 6.07 Å². The molecule has 0 bridgehead atoms. The fourth-order valence-corrected chi connectivity index (χ4v) is 1.30. The maximum Gasteiger partial charge on any atom is 0.0621 e. The van der Waals surface area contributed by atoms with Gasteiger partial charge in [0.2, 0.25) is 0 Å². The smallest absolute Gasteiger partial charge is 0.0621 e. The van der Waals surface area contributed by atoms with Crippen LogP contribution in [-0.4, -0.2) is 0 Å². The van der Waals surface area contributed by atoms with Gasteiger partial charge in [0, 0.05) is 6.42 Å². The van der Waals surface area contributed by atoms with E-state index in [-0.39, 0.29) is 0 Å². The number of nitriles is 1. The van der Waals surface area contributed by atoms with Gasteiger partial charge in [-0.25, -0.2) is 0 Å². The predicted molar refractivity (Wildman–Crippen MR) is 52.7 cm³/mol. The lowest BCUT2D eigenvalue weighted by molar-refractivity contribution is 0.510. The molecule has 0 fully saturated rings. The van der Waals surface area contributed by atoms with E-state index < -0.39 is 0 Å². The third kappa shape index (κ3) is 5.97. The van der Waals surface area contributed by atoms with Crippen molar-refractivity contribution in [2.45, 2.75) is 46.5 Å². The monoisotopic (exact) mass is 165 g/mol. The van der Waals surface area contributed by atoms with Crippen molar-refractivity contribution in [2.75, 3.05) is 0 Å². The molecule has 0 aliphatic carbocycles. The molecule has 0 N–H and O–H groups in total. The molecule has 0 radical (unpaired) electrons. The van der Waals surface area contributed by atoms with Gasteiger partial charge in [0.1, 0.15) is 0 Å². The van der Waals surface area contributed by atoms with Gasteiger partial charge in [-0.3, -0.25) is 0 Å². The molecule has 1 heteroatoms. The van der Waals surface area contributed by atoms with Gasteiger partial charge >= 0.3 is 0 Å². The molecule has 1 unspecified atom stereocenters. The maximum atomic E-state index is 8.35. The molecule has 1 nitrogen and oxygen atoms in total. The third-order valence-electron chi connectivity index (χ3n) is 2.15. The number of nitrogens with zero attached hydrogens (tertiary/aromatic N) is 1. The molecular formula is C11H19N. The highest BCUT2D eigenvalue weighted by atomic mass is 14.2. The van der Waals surface area contributed by atoms with E-state index in [9.17, 15) is 0 Å². The van der Waals surface area contributed by atoms with E-state index in [1.807, 2.05) is 0 Å². The Kier molecular flexibility index (Phi) is 6.47. The molecule has 0 aromatic carbocycles. The highest BCUT2D eigenvalue weighted by molar-refractivity contribution is 4.96. The first-order valence-corrected chi connectivity index (χ1v) is 4.69. The average Bonchev–Trinajstić information content (AvgIpc) is 2.05. The molecule has 0 saturated carbocycles. The van der Waals surface area contributed by atoms with E-state index in [1.54, 1.807) is 0 Å². The van der Waals surface area contributed by atoms with Gasteiger partial charge in [-0.15, -0.1) is 0 Å². The zero-order valence-electron chi connectivity index (χ0n) is 8.43. The fourth-order valence-electron chi connectivity index (χ4n) is 1.30. The van der Waals surface area contributed by atoms with Crippen molar-refractivity contribution >= 4 is 0 Å². The average molecular weight is 165 g/mol. The van der Waals surface area contributed by atoms with Crippen LogP contribution in [0.5, 0.6) is 0 Å². The summed E-state index contributed by atoms with van der Waals surface area (Å²) in [4.78, 5) is 0. The summed E-state index contributed by atoms with van der Waals surface area (Å²) in [7, 11) is 0. The lowest BCUT2D eigenvalue weighted by Crippen LogP contribution is -1.95. The fraction of sp³-hybridized carbons (Fsp3) is 0.727. The second-order valence-corrected chi connectivity index (χ2v) is 3.49. The molecule has 0 aliphatic rings. The van der Waals surface area contributed by atoms with Crippen molar-refractivity contribution in [3.8, 4) is 6.07 Å². The second-order valence-electron chi connectivity index (χ2n) is 3.49. The van der Waals surface area contributed by atoms with Crippen molar-refractivity contribution in [2.24, 2.45) is 5.92 Å². The summed E-state index contributed by atoms with van der Waals surface area (Å²) in [5.41, 5.74) is 1.46. The number of unbranched alkanes of at least 4 members (excludes halogenated alkanes) is 1. The zero-order valence-corrected chi connectivity index (χ0v) is 8.43. The van der Waals surface area contributed by atoms with Crippen molar-refractivity contribution < 1.29 is 0 Å². The Labute approximate surface area is 76.1 Å². The largest absolute Gasteiger partial charge is 0.198 e. The van der Waals surface area contributed by atoms with Gasteiger partial charge in [-0.05, 0) is 39.0 Å². The minimum Gasteiger partial charge on any atom is -0.198 e. The van der Waals surface area contributed by atoms with Gasteiger partial charge in [-0.2, -0.15) is 5.26 Å². The van der Waals surface area contributed by atoms with Crippen molar-refractivity contribution in [1.29, 1.82) is 5.26 Å². The SMILES string of the molecule is CC=C(C)CC(C)CCCC#N. The number of allylic oxidation sites excluding steroid dienone is 2. The minimum atomic E-state index is 0.708. The van der Waals surface area contributed by atoms with Crippen molar-refractivity contribution in [3.05, 3.63) is 11.6 Å². The quantitative estimate of drug-likeness (QED) is 0.450. The first-order chi connectivity index (χ1) is 5.70. The zero-order chi connectivity index (χ0) is 9.40. The van der Waals surface area contributed by atoms with Crippen LogP contribution < -0.4 is 0 Å². The van der Waals surface area contributed by atoms with Gasteiger partial charge < -0.3 is 0 Å². The topological polar surface area (TPSA) is 23.8 Å². The summed E-state index contributed by atoms with van der Waals surface area (Å²) in [5.74, 6) is 0.731.